The van der Waals surface area contributed by atoms with E-state index in [1.54, 1.807) is 0 Å². The molecule has 1 heterocycles. The number of halogens is 1. The van der Waals surface area contributed by atoms with Gasteiger partial charge in [0.15, 0.2) is 6.61 Å². The molecular formula is C3H3FO5. The minimum absolute atomic E-state index is 0.866. The molecule has 5 nitrogen and oxygen atoms in total. The third-order valence-electron chi connectivity index (χ3n) is 0.789. The predicted octanol–water partition coefficient (Wildman–Crippen LogP) is -0.300. The predicted molar refractivity (Wildman–Crippen MR) is 19.6 cm³/mol. The monoisotopic (exact) mass is 138 g/mol. The lowest BCUT2D eigenvalue weighted by Crippen LogP contribution is -2.53. The second-order valence-electron chi connectivity index (χ2n) is 1.37. The maximum absolute atomic E-state index is 11.2. The van der Waals surface area contributed by atoms with Crippen LogP contribution in [0, 0.1) is 0 Å². The molecule has 1 saturated heterocycles. The van der Waals surface area contributed by atoms with Crippen LogP contribution in [0.1, 0.15) is 0 Å². The first-order valence-electron chi connectivity index (χ1n) is 2.05. The average molecular weight is 138 g/mol. The molecule has 1 aliphatic rings. The highest BCUT2D eigenvalue weighted by Gasteiger charge is 2.52. The lowest BCUT2D eigenvalue weighted by Gasteiger charge is -2.32. The molecule has 0 spiro atoms. The Labute approximate surface area is 48.8 Å². The summed E-state index contributed by atoms with van der Waals surface area (Å²) in [5.41, 5.74) is 0. The van der Waals surface area contributed by atoms with Crippen LogP contribution in [0.3, 0.4) is 0 Å². The van der Waals surface area contributed by atoms with Crippen molar-refractivity contribution in [1.82, 2.24) is 0 Å². The van der Waals surface area contributed by atoms with E-state index < -0.39 is 18.7 Å². The van der Waals surface area contributed by atoms with Gasteiger partial charge >= 0.3 is 12.1 Å². The molecule has 0 unspecified atom stereocenters. The lowest BCUT2D eigenvalue weighted by molar-refractivity contribution is -0.477. The summed E-state index contributed by atoms with van der Waals surface area (Å²) in [5, 5.41) is 8.19. The molecule has 0 radical (unpaired) electrons. The Kier molecular flexibility index (Phi) is 1.26. The Morgan fingerprint density at radius 3 is 2.44 bits per heavy atom. The summed E-state index contributed by atoms with van der Waals surface area (Å²) in [6.45, 7) is -0.866. The van der Waals surface area contributed by atoms with Crippen LogP contribution in [-0.4, -0.2) is 23.8 Å². The number of cyclic esters (lactones) is 2. The number of hydrogen-bond acceptors (Lipinski definition) is 5. The van der Waals surface area contributed by atoms with Crippen LogP contribution in [0.15, 0.2) is 0 Å². The van der Waals surface area contributed by atoms with Crippen molar-refractivity contribution in [2.24, 2.45) is 0 Å². The summed E-state index contributed by atoms with van der Waals surface area (Å²) in [7, 11) is 0. The summed E-state index contributed by atoms with van der Waals surface area (Å²) >= 11 is 0. The van der Waals surface area contributed by atoms with E-state index in [0.29, 0.717) is 0 Å². The molecule has 1 aliphatic heterocycles. The molecule has 0 aromatic carbocycles. The van der Waals surface area contributed by atoms with Crippen LogP contribution in [0.2, 0.25) is 0 Å². The molecule has 0 amide bonds. The topological polar surface area (TPSA) is 65.0 Å². The molecule has 0 aromatic heterocycles. The molecule has 0 atom stereocenters. The number of aliphatic hydroxyl groups is 1. The molecule has 6 heteroatoms. The van der Waals surface area contributed by atoms with Gasteiger partial charge < -0.3 is 14.6 Å². The van der Waals surface area contributed by atoms with Crippen molar-refractivity contribution >= 4 is 6.16 Å². The fourth-order valence-electron chi connectivity index (χ4n) is 0.382. The molecule has 1 N–H and O–H groups in total. The zero-order valence-corrected chi connectivity index (χ0v) is 4.17. The summed E-state index contributed by atoms with van der Waals surface area (Å²) in [6, 6.07) is 0. The molecule has 52 valence electrons. The van der Waals surface area contributed by atoms with E-state index in [1.165, 1.54) is 0 Å². The molecule has 1 rings (SSSR count). The van der Waals surface area contributed by atoms with Crippen molar-refractivity contribution in [2.45, 2.75) is 5.97 Å². The number of rotatable bonds is 2. The summed E-state index contributed by atoms with van der Waals surface area (Å²) in [5.74, 6) is -2.18. The molecular weight excluding hydrogens is 135 g/mol. The number of aliphatic hydroxyl groups excluding tert-OH is 1. The first-order valence-corrected chi connectivity index (χ1v) is 2.05. The lowest BCUT2D eigenvalue weighted by atomic mass is 10.5. The van der Waals surface area contributed by atoms with Gasteiger partial charge in [0.25, 0.3) is 0 Å². The number of ether oxygens (including phenoxy) is 2. The maximum Gasteiger partial charge on any atom is 0.518 e. The third-order valence-corrected chi connectivity index (χ3v) is 0.789. The van der Waals surface area contributed by atoms with E-state index in [2.05, 4.69) is 14.4 Å². The highest BCUT2D eigenvalue weighted by molar-refractivity contribution is 5.64. The molecule has 9 heavy (non-hydrogen) atoms. The van der Waals surface area contributed by atoms with Gasteiger partial charge in [-0.05, 0) is 4.53 Å². The zero-order valence-electron chi connectivity index (χ0n) is 4.17. The third kappa shape index (κ3) is 0.816. The fourth-order valence-corrected chi connectivity index (χ4v) is 0.382. The second kappa shape index (κ2) is 1.82. The van der Waals surface area contributed by atoms with Crippen LogP contribution < -0.4 is 0 Å². The van der Waals surface area contributed by atoms with E-state index in [0.717, 1.165) is 0 Å². The van der Waals surface area contributed by atoms with Crippen LogP contribution in [-0.2, 0) is 14.4 Å². The van der Waals surface area contributed by atoms with Crippen LogP contribution in [0.5, 0.6) is 0 Å². The van der Waals surface area contributed by atoms with Crippen molar-refractivity contribution in [3.63, 3.8) is 0 Å². The summed E-state index contributed by atoms with van der Waals surface area (Å²) in [4.78, 5) is 12.8. The van der Waals surface area contributed by atoms with Gasteiger partial charge in [-0.25, -0.2) is 4.79 Å². The van der Waals surface area contributed by atoms with E-state index in [9.17, 15) is 9.32 Å². The Hall–Kier alpha value is -0.880. The standard InChI is InChI=1S/C3H3FO5/c4-9-3(1-5)7-2(6)8-3/h5H,1H2. The van der Waals surface area contributed by atoms with Gasteiger partial charge in [-0.3, -0.25) is 0 Å². The van der Waals surface area contributed by atoms with Crippen molar-refractivity contribution in [3.05, 3.63) is 0 Å². The fraction of sp³-hybridized carbons (Fsp3) is 0.667. The largest absolute Gasteiger partial charge is 0.518 e. The minimum Gasteiger partial charge on any atom is -0.385 e. The minimum atomic E-state index is -2.18. The van der Waals surface area contributed by atoms with Gasteiger partial charge in [-0.1, -0.05) is 0 Å². The Balaban J connectivity index is 2.44. The van der Waals surface area contributed by atoms with Crippen LogP contribution in [0.4, 0.5) is 9.32 Å². The number of carbonyl (C=O) groups excluding carboxylic acids is 1. The molecule has 0 aromatic rings. The molecule has 0 bridgehead atoms. The quantitative estimate of drug-likeness (QED) is 0.530. The average Bonchev–Trinajstić information content (AvgIpc) is 1.81. The van der Waals surface area contributed by atoms with Crippen molar-refractivity contribution in [3.8, 4) is 0 Å². The van der Waals surface area contributed by atoms with E-state index in [1.807, 2.05) is 0 Å². The van der Waals surface area contributed by atoms with Gasteiger partial charge in [0.2, 0.25) is 0 Å². The Morgan fingerprint density at radius 2 is 2.33 bits per heavy atom. The number of carbonyl (C=O) groups is 1. The Morgan fingerprint density at radius 1 is 1.78 bits per heavy atom. The van der Waals surface area contributed by atoms with Crippen molar-refractivity contribution in [2.75, 3.05) is 6.61 Å². The first-order chi connectivity index (χ1) is 4.22. The van der Waals surface area contributed by atoms with E-state index in [-0.39, 0.29) is 0 Å². The highest BCUT2D eigenvalue weighted by atomic mass is 19.3. The second-order valence-corrected chi connectivity index (χ2v) is 1.37. The molecule has 1 fully saturated rings. The first kappa shape index (κ1) is 6.24. The van der Waals surface area contributed by atoms with Crippen LogP contribution in [0.25, 0.3) is 0 Å². The molecule has 0 saturated carbocycles. The highest BCUT2D eigenvalue weighted by Crippen LogP contribution is 2.25. The number of hydrogen-bond donors (Lipinski definition) is 1. The van der Waals surface area contributed by atoms with Crippen LogP contribution >= 0.6 is 0 Å². The SMILES string of the molecule is O=C1OC(CO)(OF)O1. The van der Waals surface area contributed by atoms with E-state index >= 15 is 0 Å². The summed E-state index contributed by atoms with van der Waals surface area (Å²) in [6.07, 6.45) is -1.07. The van der Waals surface area contributed by atoms with Crippen molar-refractivity contribution in [1.29, 1.82) is 0 Å². The molecule has 0 aliphatic carbocycles. The normalized spacial score (nSPS) is 21.8. The van der Waals surface area contributed by atoms with Gasteiger partial charge in [0.05, 0.1) is 0 Å². The maximum atomic E-state index is 11.2. The van der Waals surface area contributed by atoms with Gasteiger partial charge in [0, 0.05) is 0 Å². The summed E-state index contributed by atoms with van der Waals surface area (Å²) < 4.78 is 19.0. The Bertz CT molecular complexity index is 120. The smallest absolute Gasteiger partial charge is 0.385 e. The van der Waals surface area contributed by atoms with Gasteiger partial charge in [-0.15, -0.1) is 4.94 Å². The van der Waals surface area contributed by atoms with E-state index in [4.69, 9.17) is 5.11 Å². The van der Waals surface area contributed by atoms with Gasteiger partial charge in [-0.2, -0.15) is 0 Å². The zero-order chi connectivity index (χ0) is 6.91. The van der Waals surface area contributed by atoms with Crippen molar-refractivity contribution < 1.29 is 28.8 Å². The van der Waals surface area contributed by atoms with Gasteiger partial charge in [0.1, 0.15) is 0 Å².